The van der Waals surface area contributed by atoms with Gasteiger partial charge in [0.1, 0.15) is 0 Å². The van der Waals surface area contributed by atoms with E-state index in [2.05, 4.69) is 132 Å². The largest absolute Gasteiger partial charge is 0.238 e. The number of fused-ring (bicyclic) bond motifs is 5. The molecule has 8 aromatic carbocycles. The third kappa shape index (κ3) is 4.67. The molecule has 0 aliphatic carbocycles. The summed E-state index contributed by atoms with van der Waals surface area (Å²) in [5, 5.41) is 16.7. The van der Waals surface area contributed by atoms with E-state index >= 15 is 0 Å². The summed E-state index contributed by atoms with van der Waals surface area (Å²) in [5.74, 6) is 0. The van der Waals surface area contributed by atoms with E-state index in [1.54, 1.807) is 0 Å². The minimum Gasteiger partial charge on any atom is -0.238 e. The summed E-state index contributed by atoms with van der Waals surface area (Å²) in [6.45, 7) is 7.46. The molecule has 0 amide bonds. The van der Waals surface area contributed by atoms with Gasteiger partial charge in [-0.25, -0.2) is 4.85 Å². The lowest BCUT2D eigenvalue weighted by Gasteiger charge is -2.17. The molecule has 0 saturated heterocycles. The lowest BCUT2D eigenvalue weighted by Crippen LogP contribution is -1.90. The van der Waals surface area contributed by atoms with Crippen LogP contribution in [0.4, 0.5) is 5.69 Å². The molecule has 0 saturated carbocycles. The first-order valence-electron chi connectivity index (χ1n) is 15.3. The molecule has 8 aromatic rings. The fraction of sp³-hybridized carbons (Fsp3) is 0. The van der Waals surface area contributed by atoms with Crippen molar-refractivity contribution < 1.29 is 0 Å². The first-order chi connectivity index (χ1) is 22.7. The van der Waals surface area contributed by atoms with Crippen molar-refractivity contribution in [3.63, 3.8) is 0 Å². The summed E-state index contributed by atoms with van der Waals surface area (Å²) in [5.41, 5.74) is 10.2. The average molecular weight is 583 g/mol. The maximum Gasteiger partial charge on any atom is 0.187 e. The quantitative estimate of drug-likeness (QED) is 0.150. The van der Waals surface area contributed by atoms with Gasteiger partial charge in [-0.15, -0.1) is 0 Å². The smallest absolute Gasteiger partial charge is 0.187 e. The highest BCUT2D eigenvalue weighted by Gasteiger charge is 2.15. The highest BCUT2D eigenvalue weighted by atomic mass is 14.6. The minimum atomic E-state index is 0.641. The van der Waals surface area contributed by atoms with Crippen LogP contribution in [0.3, 0.4) is 0 Å². The molecule has 0 aliphatic heterocycles. The van der Waals surface area contributed by atoms with Gasteiger partial charge in [0.2, 0.25) is 0 Å². The number of benzene rings is 8. The number of hydrogen-bond acceptors (Lipinski definition) is 1. The monoisotopic (exact) mass is 582 g/mol. The summed E-state index contributed by atoms with van der Waals surface area (Å²) in [6.07, 6.45) is 0. The van der Waals surface area contributed by atoms with Gasteiger partial charge in [0, 0.05) is 0 Å². The Morgan fingerprint density at radius 2 is 0.826 bits per heavy atom. The number of nitrogens with zero attached hydrogens (tertiary/aromatic N) is 2. The summed E-state index contributed by atoms with van der Waals surface area (Å²) < 4.78 is 0. The van der Waals surface area contributed by atoms with Crippen LogP contribution in [0.1, 0.15) is 5.56 Å². The lowest BCUT2D eigenvalue weighted by molar-refractivity contribution is 1.48. The van der Waals surface area contributed by atoms with E-state index in [1.807, 2.05) is 36.4 Å². The lowest BCUT2D eigenvalue weighted by atomic mass is 9.87. The van der Waals surface area contributed by atoms with Crippen molar-refractivity contribution in [2.24, 2.45) is 0 Å². The van der Waals surface area contributed by atoms with Crippen molar-refractivity contribution in [1.29, 1.82) is 5.26 Å². The van der Waals surface area contributed by atoms with Gasteiger partial charge in [0.15, 0.2) is 5.69 Å². The van der Waals surface area contributed by atoms with Gasteiger partial charge in [0.05, 0.1) is 18.2 Å². The van der Waals surface area contributed by atoms with Crippen molar-refractivity contribution in [1.82, 2.24) is 0 Å². The highest BCUT2D eigenvalue weighted by Crippen LogP contribution is 2.42. The van der Waals surface area contributed by atoms with Crippen LogP contribution >= 0.6 is 0 Å². The van der Waals surface area contributed by atoms with E-state index in [4.69, 9.17) is 6.57 Å². The second kappa shape index (κ2) is 11.2. The van der Waals surface area contributed by atoms with Crippen molar-refractivity contribution in [2.45, 2.75) is 0 Å². The van der Waals surface area contributed by atoms with Crippen LogP contribution in [0.15, 0.2) is 158 Å². The van der Waals surface area contributed by atoms with E-state index in [9.17, 15) is 5.26 Å². The molecule has 0 radical (unpaired) electrons. The molecule has 0 fully saturated rings. The van der Waals surface area contributed by atoms with Crippen molar-refractivity contribution >= 4 is 38.0 Å². The van der Waals surface area contributed by atoms with Crippen LogP contribution in [0, 0.1) is 17.9 Å². The normalized spacial score (nSPS) is 11.0. The molecule has 212 valence electrons. The van der Waals surface area contributed by atoms with Crippen molar-refractivity contribution in [2.75, 3.05) is 0 Å². The van der Waals surface area contributed by atoms with Gasteiger partial charge in [-0.1, -0.05) is 115 Å². The minimum absolute atomic E-state index is 0.641. The molecule has 46 heavy (non-hydrogen) atoms. The predicted molar refractivity (Wildman–Crippen MR) is 192 cm³/mol. The van der Waals surface area contributed by atoms with E-state index in [0.29, 0.717) is 11.3 Å². The molecule has 0 aromatic heterocycles. The standard InChI is InChI=1S/C44H26N2/c1-46-36-17-9-14-33(25-36)32-13-8-16-35(24-32)42-27-44-39-20-4-2-18-37(39)41(26-43(44)40-21-5-3-19-38(40)42)34-15-7-12-31(23-34)30-11-6-10-29(22-30)28-45/h2-27H. The van der Waals surface area contributed by atoms with Gasteiger partial charge in [-0.2, -0.15) is 5.26 Å². The van der Waals surface area contributed by atoms with E-state index < -0.39 is 0 Å². The fourth-order valence-corrected chi connectivity index (χ4v) is 6.68. The van der Waals surface area contributed by atoms with Crippen LogP contribution in [0.2, 0.25) is 0 Å². The number of rotatable bonds is 4. The van der Waals surface area contributed by atoms with Gasteiger partial charge in [0.25, 0.3) is 0 Å². The van der Waals surface area contributed by atoms with Crippen molar-refractivity contribution in [3.05, 3.63) is 175 Å². The topological polar surface area (TPSA) is 28.1 Å². The Morgan fingerprint density at radius 3 is 1.35 bits per heavy atom. The summed E-state index contributed by atoms with van der Waals surface area (Å²) >= 11 is 0. The molecule has 0 atom stereocenters. The van der Waals surface area contributed by atoms with E-state index in [0.717, 1.165) is 33.4 Å². The van der Waals surface area contributed by atoms with E-state index in [1.165, 1.54) is 43.4 Å². The Labute approximate surface area is 267 Å². The molecule has 0 aliphatic rings. The van der Waals surface area contributed by atoms with Gasteiger partial charge >= 0.3 is 0 Å². The van der Waals surface area contributed by atoms with Gasteiger partial charge in [-0.3, -0.25) is 0 Å². The van der Waals surface area contributed by atoms with Gasteiger partial charge in [-0.05, 0) is 119 Å². The Balaban J connectivity index is 1.36. The second-order valence-electron chi connectivity index (χ2n) is 11.6. The Hall–Kier alpha value is -6.48. The second-order valence-corrected chi connectivity index (χ2v) is 11.6. The van der Waals surface area contributed by atoms with Crippen LogP contribution in [-0.2, 0) is 0 Å². The zero-order valence-corrected chi connectivity index (χ0v) is 24.9. The summed E-state index contributed by atoms with van der Waals surface area (Å²) in [4.78, 5) is 3.64. The van der Waals surface area contributed by atoms with Crippen LogP contribution in [-0.4, -0.2) is 0 Å². The fourth-order valence-electron chi connectivity index (χ4n) is 6.68. The Bertz CT molecular complexity index is 2380. The SMILES string of the molecule is [C-]#[N+]c1cccc(-c2cccc(-c3cc4c5ccccc5c(-c5cccc(-c6cccc(C#N)c6)c5)cc4c4ccccc34)c2)c1. The molecule has 2 nitrogen and oxygen atoms in total. The van der Waals surface area contributed by atoms with Crippen LogP contribution < -0.4 is 0 Å². The van der Waals surface area contributed by atoms with Crippen molar-refractivity contribution in [3.8, 4) is 50.6 Å². The summed E-state index contributed by atoms with van der Waals surface area (Å²) in [7, 11) is 0. The maximum atomic E-state index is 9.46. The maximum absolute atomic E-state index is 9.46. The molecule has 0 N–H and O–H groups in total. The first kappa shape index (κ1) is 27.1. The van der Waals surface area contributed by atoms with Crippen LogP contribution in [0.25, 0.3) is 81.7 Å². The zero-order chi connectivity index (χ0) is 31.0. The third-order valence-corrected chi connectivity index (χ3v) is 8.86. The summed E-state index contributed by atoms with van der Waals surface area (Å²) in [6, 6.07) is 57.2. The van der Waals surface area contributed by atoms with Crippen LogP contribution in [0.5, 0.6) is 0 Å². The Kier molecular flexibility index (Phi) is 6.61. The van der Waals surface area contributed by atoms with E-state index in [-0.39, 0.29) is 0 Å². The molecule has 0 bridgehead atoms. The van der Waals surface area contributed by atoms with Gasteiger partial charge < -0.3 is 0 Å². The predicted octanol–water partition coefficient (Wildman–Crippen LogP) is 12.2. The highest BCUT2D eigenvalue weighted by molar-refractivity contribution is 6.23. The molecule has 0 heterocycles. The molecular formula is C44H26N2. The zero-order valence-electron chi connectivity index (χ0n) is 24.9. The number of nitriles is 1. The Morgan fingerprint density at radius 1 is 0.391 bits per heavy atom. The molecule has 2 heteroatoms. The molecule has 0 spiro atoms. The first-order valence-corrected chi connectivity index (χ1v) is 15.3. The number of hydrogen-bond donors (Lipinski definition) is 0. The average Bonchev–Trinajstić information content (AvgIpc) is 3.14. The molecule has 0 unspecified atom stereocenters. The third-order valence-electron chi connectivity index (χ3n) is 8.86. The molecule has 8 rings (SSSR count). The molecular weight excluding hydrogens is 556 g/mol.